The molecular formula is C17H23ClO3. The molecule has 4 heteroatoms. The van der Waals surface area contributed by atoms with Crippen molar-refractivity contribution in [2.24, 2.45) is 11.8 Å². The summed E-state index contributed by atoms with van der Waals surface area (Å²) in [4.78, 5) is 11.9. The third kappa shape index (κ3) is 5.10. The zero-order valence-corrected chi connectivity index (χ0v) is 13.2. The van der Waals surface area contributed by atoms with E-state index in [1.807, 2.05) is 18.2 Å². The fourth-order valence-electron chi connectivity index (χ4n) is 2.91. The van der Waals surface area contributed by atoms with Gasteiger partial charge in [0.05, 0.1) is 25.9 Å². The molecule has 1 aliphatic rings. The van der Waals surface area contributed by atoms with Gasteiger partial charge in [-0.1, -0.05) is 43.7 Å². The Labute approximate surface area is 131 Å². The van der Waals surface area contributed by atoms with Crippen LogP contribution in [0, 0.1) is 11.8 Å². The Hall–Kier alpha value is -0.900. The van der Waals surface area contributed by atoms with Crippen molar-refractivity contribution >= 4 is 16.8 Å². The molecule has 0 aromatic heterocycles. The molecule has 1 heterocycles. The molecule has 0 aliphatic carbocycles. The van der Waals surface area contributed by atoms with Crippen molar-refractivity contribution in [3.05, 3.63) is 35.9 Å². The Morgan fingerprint density at radius 2 is 2.10 bits per heavy atom. The SMILES string of the molecule is CCC(Cc1ccccc1)C(CC1COCCO1)C(=O)Cl. The summed E-state index contributed by atoms with van der Waals surface area (Å²) in [5.74, 6) is 0.0616. The molecule has 0 saturated carbocycles. The van der Waals surface area contributed by atoms with E-state index in [1.165, 1.54) is 5.56 Å². The van der Waals surface area contributed by atoms with Gasteiger partial charge in [-0.05, 0) is 35.9 Å². The van der Waals surface area contributed by atoms with Crippen molar-refractivity contribution < 1.29 is 14.3 Å². The highest BCUT2D eigenvalue weighted by Gasteiger charge is 2.30. The maximum absolute atomic E-state index is 11.9. The summed E-state index contributed by atoms with van der Waals surface area (Å²) >= 11 is 5.87. The van der Waals surface area contributed by atoms with E-state index in [-0.39, 0.29) is 23.2 Å². The van der Waals surface area contributed by atoms with E-state index in [9.17, 15) is 4.79 Å². The van der Waals surface area contributed by atoms with Crippen LogP contribution in [0.15, 0.2) is 30.3 Å². The fraction of sp³-hybridized carbons (Fsp3) is 0.588. The highest BCUT2D eigenvalue weighted by Crippen LogP contribution is 2.28. The Bertz CT molecular complexity index is 429. The van der Waals surface area contributed by atoms with Crippen molar-refractivity contribution in [1.82, 2.24) is 0 Å². The molecule has 3 atom stereocenters. The monoisotopic (exact) mass is 310 g/mol. The number of rotatable bonds is 7. The topological polar surface area (TPSA) is 35.5 Å². The van der Waals surface area contributed by atoms with E-state index >= 15 is 0 Å². The third-order valence-corrected chi connectivity index (χ3v) is 4.41. The lowest BCUT2D eigenvalue weighted by Gasteiger charge is -2.29. The van der Waals surface area contributed by atoms with Gasteiger partial charge in [0, 0.05) is 5.92 Å². The van der Waals surface area contributed by atoms with Crippen molar-refractivity contribution in [1.29, 1.82) is 0 Å². The van der Waals surface area contributed by atoms with Crippen LogP contribution in [0.4, 0.5) is 0 Å². The van der Waals surface area contributed by atoms with Crippen molar-refractivity contribution in [3.63, 3.8) is 0 Å². The van der Waals surface area contributed by atoms with E-state index in [4.69, 9.17) is 21.1 Å². The Kier molecular flexibility index (Phi) is 6.68. The molecule has 1 saturated heterocycles. The predicted octanol–water partition coefficient (Wildman–Crippen LogP) is 3.44. The second-order valence-corrected chi connectivity index (χ2v) is 5.94. The van der Waals surface area contributed by atoms with Gasteiger partial charge in [-0.3, -0.25) is 4.79 Å². The summed E-state index contributed by atoms with van der Waals surface area (Å²) in [7, 11) is 0. The lowest BCUT2D eigenvalue weighted by molar-refractivity contribution is -0.123. The minimum atomic E-state index is -0.257. The first-order chi connectivity index (χ1) is 10.2. The summed E-state index contributed by atoms with van der Waals surface area (Å²) in [5.41, 5.74) is 1.24. The molecule has 0 N–H and O–H groups in total. The number of carbonyl (C=O) groups excluding carboxylic acids is 1. The zero-order chi connectivity index (χ0) is 15.1. The van der Waals surface area contributed by atoms with Gasteiger partial charge in [-0.2, -0.15) is 0 Å². The average Bonchev–Trinajstić information content (AvgIpc) is 2.52. The number of ether oxygens (including phenoxy) is 2. The predicted molar refractivity (Wildman–Crippen MR) is 83.5 cm³/mol. The molecule has 3 unspecified atom stereocenters. The number of benzene rings is 1. The number of halogens is 1. The molecule has 1 aromatic rings. The quantitative estimate of drug-likeness (QED) is 0.724. The van der Waals surface area contributed by atoms with Gasteiger partial charge in [0.25, 0.3) is 0 Å². The maximum atomic E-state index is 11.9. The fourth-order valence-corrected chi connectivity index (χ4v) is 3.18. The van der Waals surface area contributed by atoms with Crippen LogP contribution < -0.4 is 0 Å². The first-order valence-electron chi connectivity index (χ1n) is 7.63. The highest BCUT2D eigenvalue weighted by atomic mass is 35.5. The van der Waals surface area contributed by atoms with E-state index in [1.54, 1.807) is 0 Å². The van der Waals surface area contributed by atoms with Crippen LogP contribution in [0.3, 0.4) is 0 Å². The smallest absolute Gasteiger partial charge is 0.225 e. The van der Waals surface area contributed by atoms with Crippen molar-refractivity contribution in [2.75, 3.05) is 19.8 Å². The maximum Gasteiger partial charge on any atom is 0.225 e. The van der Waals surface area contributed by atoms with Crippen molar-refractivity contribution in [2.45, 2.75) is 32.3 Å². The first-order valence-corrected chi connectivity index (χ1v) is 8.01. The van der Waals surface area contributed by atoms with Gasteiger partial charge >= 0.3 is 0 Å². The van der Waals surface area contributed by atoms with Gasteiger partial charge in [-0.15, -0.1) is 0 Å². The Morgan fingerprint density at radius 1 is 1.33 bits per heavy atom. The number of hydrogen-bond donors (Lipinski definition) is 0. The van der Waals surface area contributed by atoms with Gasteiger partial charge in [0.2, 0.25) is 5.24 Å². The minimum absolute atomic E-state index is 0.0173. The van der Waals surface area contributed by atoms with Gasteiger partial charge < -0.3 is 9.47 Å². The average molecular weight is 311 g/mol. The van der Waals surface area contributed by atoms with E-state index < -0.39 is 0 Å². The number of hydrogen-bond acceptors (Lipinski definition) is 3. The van der Waals surface area contributed by atoms with E-state index in [2.05, 4.69) is 19.1 Å². The summed E-state index contributed by atoms with van der Waals surface area (Å²) in [6.07, 6.45) is 2.42. The van der Waals surface area contributed by atoms with Crippen molar-refractivity contribution in [3.8, 4) is 0 Å². The molecule has 21 heavy (non-hydrogen) atoms. The molecule has 116 valence electrons. The normalized spacial score (nSPS) is 21.7. The van der Waals surface area contributed by atoms with E-state index in [0.717, 1.165) is 12.8 Å². The standard InChI is InChI=1S/C17H23ClO3/c1-2-14(10-13-6-4-3-5-7-13)16(17(18)19)11-15-12-20-8-9-21-15/h3-7,14-16H,2,8-12H2,1H3. The molecule has 3 nitrogen and oxygen atoms in total. The Morgan fingerprint density at radius 3 is 2.67 bits per heavy atom. The first kappa shape index (κ1) is 16.5. The molecular weight excluding hydrogens is 288 g/mol. The number of carbonyl (C=O) groups is 1. The third-order valence-electron chi connectivity index (χ3n) is 4.13. The van der Waals surface area contributed by atoms with Gasteiger partial charge in [0.1, 0.15) is 0 Å². The highest BCUT2D eigenvalue weighted by molar-refractivity contribution is 6.64. The molecule has 1 fully saturated rings. The summed E-state index contributed by atoms with van der Waals surface area (Å²) in [6, 6.07) is 10.2. The van der Waals surface area contributed by atoms with Crippen LogP contribution in [0.1, 0.15) is 25.3 Å². The van der Waals surface area contributed by atoms with Crippen LogP contribution in [0.5, 0.6) is 0 Å². The molecule has 0 spiro atoms. The zero-order valence-electron chi connectivity index (χ0n) is 12.5. The van der Waals surface area contributed by atoms with Crippen LogP contribution in [0.25, 0.3) is 0 Å². The lowest BCUT2D eigenvalue weighted by atomic mass is 9.82. The van der Waals surface area contributed by atoms with Crippen LogP contribution in [-0.4, -0.2) is 31.2 Å². The Balaban J connectivity index is 2.01. The van der Waals surface area contributed by atoms with Crippen LogP contribution >= 0.6 is 11.6 Å². The van der Waals surface area contributed by atoms with Crippen LogP contribution in [-0.2, 0) is 20.7 Å². The van der Waals surface area contributed by atoms with E-state index in [0.29, 0.717) is 26.2 Å². The summed E-state index contributed by atoms with van der Waals surface area (Å²) < 4.78 is 11.1. The molecule has 1 aliphatic heterocycles. The second-order valence-electron chi connectivity index (χ2n) is 5.57. The molecule has 2 rings (SSSR count). The van der Waals surface area contributed by atoms with Gasteiger partial charge in [0.15, 0.2) is 0 Å². The second kappa shape index (κ2) is 8.52. The van der Waals surface area contributed by atoms with Gasteiger partial charge in [-0.25, -0.2) is 0 Å². The minimum Gasteiger partial charge on any atom is -0.376 e. The molecule has 1 aromatic carbocycles. The molecule has 0 bridgehead atoms. The van der Waals surface area contributed by atoms with Crippen LogP contribution in [0.2, 0.25) is 0 Å². The lowest BCUT2D eigenvalue weighted by Crippen LogP contribution is -2.34. The summed E-state index contributed by atoms with van der Waals surface area (Å²) in [6.45, 7) is 3.90. The largest absolute Gasteiger partial charge is 0.376 e. The molecule has 0 radical (unpaired) electrons. The molecule has 0 amide bonds. The summed E-state index contributed by atoms with van der Waals surface area (Å²) in [5, 5.41) is -0.257.